The number of isocyanates is 1. The molecular weight excluding hydrogens is 186 g/mol. The predicted molar refractivity (Wildman–Crippen MR) is 62.6 cm³/mol. The maximum atomic E-state index is 9.95. The molecule has 0 N–H and O–H groups in total. The molecule has 1 saturated carbocycles. The predicted octanol–water partition coefficient (Wildman–Crippen LogP) is 3.71. The lowest BCUT2D eigenvalue weighted by atomic mass is 9.63. The van der Waals surface area contributed by atoms with E-state index in [2.05, 4.69) is 25.8 Å². The summed E-state index contributed by atoms with van der Waals surface area (Å²) in [5.74, 6) is 0. The molecule has 1 unspecified atom stereocenters. The smallest absolute Gasteiger partial charge is 0.211 e. The van der Waals surface area contributed by atoms with E-state index in [0.29, 0.717) is 17.4 Å². The summed E-state index contributed by atoms with van der Waals surface area (Å²) in [7, 11) is 0. The van der Waals surface area contributed by atoms with Crippen LogP contribution in [-0.4, -0.2) is 12.6 Å². The monoisotopic (exact) mass is 209 g/mol. The van der Waals surface area contributed by atoms with Crippen LogP contribution in [0.3, 0.4) is 0 Å². The van der Waals surface area contributed by atoms with Crippen LogP contribution in [0.5, 0.6) is 0 Å². The second-order valence-corrected chi connectivity index (χ2v) is 6.08. The minimum atomic E-state index is 0.472. The summed E-state index contributed by atoms with van der Waals surface area (Å²) in [6.07, 6.45) is 9.18. The molecule has 0 aliphatic heterocycles. The lowest BCUT2D eigenvalue weighted by molar-refractivity contribution is 0.0898. The molecule has 1 aliphatic carbocycles. The van der Waals surface area contributed by atoms with Crippen molar-refractivity contribution in [1.82, 2.24) is 0 Å². The summed E-state index contributed by atoms with van der Waals surface area (Å²) in [5, 5.41) is 0. The summed E-state index contributed by atoms with van der Waals surface area (Å²) in [6.45, 7) is 7.78. The van der Waals surface area contributed by atoms with Gasteiger partial charge in [-0.05, 0) is 42.9 Å². The third-order valence-corrected chi connectivity index (χ3v) is 3.65. The van der Waals surface area contributed by atoms with Crippen molar-refractivity contribution in [2.24, 2.45) is 15.8 Å². The Bertz CT molecular complexity index is 253. The van der Waals surface area contributed by atoms with E-state index < -0.39 is 0 Å². The van der Waals surface area contributed by atoms with Gasteiger partial charge >= 0.3 is 0 Å². The summed E-state index contributed by atoms with van der Waals surface area (Å²) in [6, 6.07) is 0. The standard InChI is InChI=1S/C13H23NO/c1-12(2)6-4-7-13(3,10-12)8-5-9-14-11-15/h4-10H2,1-3H3. The lowest BCUT2D eigenvalue weighted by Crippen LogP contribution is -2.30. The van der Waals surface area contributed by atoms with Crippen molar-refractivity contribution in [1.29, 1.82) is 0 Å². The SMILES string of the molecule is CC1(C)CCCC(C)(CCCN=C=O)C1. The molecule has 1 aliphatic rings. The lowest BCUT2D eigenvalue weighted by Gasteiger charge is -2.43. The Hall–Kier alpha value is -0.620. The van der Waals surface area contributed by atoms with Gasteiger partial charge in [0.2, 0.25) is 6.08 Å². The Kier molecular flexibility index (Phi) is 4.10. The van der Waals surface area contributed by atoms with Gasteiger partial charge in [-0.1, -0.05) is 27.2 Å². The Morgan fingerprint density at radius 2 is 2.00 bits per heavy atom. The van der Waals surface area contributed by atoms with Gasteiger partial charge in [0.1, 0.15) is 0 Å². The van der Waals surface area contributed by atoms with E-state index in [0.717, 1.165) is 6.42 Å². The van der Waals surface area contributed by atoms with Crippen molar-refractivity contribution >= 4 is 6.08 Å². The van der Waals surface area contributed by atoms with Crippen LogP contribution in [-0.2, 0) is 4.79 Å². The first kappa shape index (κ1) is 12.4. The fourth-order valence-electron chi connectivity index (χ4n) is 3.17. The maximum absolute atomic E-state index is 9.95. The highest BCUT2D eigenvalue weighted by Gasteiger charge is 2.35. The average molecular weight is 209 g/mol. The Morgan fingerprint density at radius 3 is 2.60 bits per heavy atom. The molecule has 2 nitrogen and oxygen atoms in total. The van der Waals surface area contributed by atoms with E-state index in [4.69, 9.17) is 0 Å². The van der Waals surface area contributed by atoms with Gasteiger partial charge in [-0.3, -0.25) is 0 Å². The zero-order chi connectivity index (χ0) is 11.4. The van der Waals surface area contributed by atoms with Gasteiger partial charge in [0.15, 0.2) is 0 Å². The van der Waals surface area contributed by atoms with Gasteiger partial charge in [-0.25, -0.2) is 9.79 Å². The van der Waals surface area contributed by atoms with Crippen molar-refractivity contribution < 1.29 is 4.79 Å². The highest BCUT2D eigenvalue weighted by molar-refractivity contribution is 5.32. The van der Waals surface area contributed by atoms with Crippen molar-refractivity contribution in [3.63, 3.8) is 0 Å². The largest absolute Gasteiger partial charge is 0.234 e. The van der Waals surface area contributed by atoms with Crippen molar-refractivity contribution in [3.05, 3.63) is 0 Å². The first-order chi connectivity index (χ1) is 6.97. The molecule has 0 spiro atoms. The van der Waals surface area contributed by atoms with E-state index in [1.165, 1.54) is 32.1 Å². The van der Waals surface area contributed by atoms with E-state index >= 15 is 0 Å². The third-order valence-electron chi connectivity index (χ3n) is 3.65. The third kappa shape index (κ3) is 4.17. The molecule has 0 saturated heterocycles. The molecule has 0 heterocycles. The molecule has 2 heteroatoms. The number of aliphatic imine (C=N–C) groups is 1. The minimum Gasteiger partial charge on any atom is -0.211 e. The molecule has 1 atom stereocenters. The molecule has 0 bridgehead atoms. The summed E-state index contributed by atoms with van der Waals surface area (Å²) in [4.78, 5) is 13.6. The maximum Gasteiger partial charge on any atom is 0.234 e. The molecule has 1 rings (SSSR count). The first-order valence-corrected chi connectivity index (χ1v) is 6.01. The van der Waals surface area contributed by atoms with E-state index in [1.807, 2.05) is 0 Å². The normalized spacial score (nSPS) is 29.5. The van der Waals surface area contributed by atoms with Gasteiger partial charge in [-0.15, -0.1) is 0 Å². The molecule has 0 amide bonds. The van der Waals surface area contributed by atoms with Gasteiger partial charge in [-0.2, -0.15) is 0 Å². The van der Waals surface area contributed by atoms with E-state index in [9.17, 15) is 4.79 Å². The number of carbonyl (C=O) groups excluding carboxylic acids is 1. The van der Waals surface area contributed by atoms with Crippen LogP contribution in [0.4, 0.5) is 0 Å². The Morgan fingerprint density at radius 1 is 1.27 bits per heavy atom. The number of nitrogens with zero attached hydrogens (tertiary/aromatic N) is 1. The molecule has 0 aromatic carbocycles. The first-order valence-electron chi connectivity index (χ1n) is 6.01. The van der Waals surface area contributed by atoms with E-state index in [-0.39, 0.29) is 0 Å². The fraction of sp³-hybridized carbons (Fsp3) is 0.923. The highest BCUT2D eigenvalue weighted by Crippen LogP contribution is 2.48. The molecule has 1 fully saturated rings. The highest BCUT2D eigenvalue weighted by atomic mass is 16.1. The minimum absolute atomic E-state index is 0.472. The van der Waals surface area contributed by atoms with Crippen molar-refractivity contribution in [2.75, 3.05) is 6.54 Å². The second kappa shape index (κ2) is 4.94. The van der Waals surface area contributed by atoms with Gasteiger partial charge < -0.3 is 0 Å². The van der Waals surface area contributed by atoms with Crippen LogP contribution in [0.25, 0.3) is 0 Å². The summed E-state index contributed by atoms with van der Waals surface area (Å²) >= 11 is 0. The van der Waals surface area contributed by atoms with Crippen LogP contribution in [0.2, 0.25) is 0 Å². The van der Waals surface area contributed by atoms with Gasteiger partial charge in [0, 0.05) is 0 Å². The molecule has 86 valence electrons. The van der Waals surface area contributed by atoms with E-state index in [1.54, 1.807) is 6.08 Å². The molecule has 15 heavy (non-hydrogen) atoms. The van der Waals surface area contributed by atoms with Crippen LogP contribution in [0.1, 0.15) is 59.3 Å². The zero-order valence-electron chi connectivity index (χ0n) is 10.3. The zero-order valence-corrected chi connectivity index (χ0v) is 10.3. The molecule has 0 aromatic rings. The average Bonchev–Trinajstić information content (AvgIpc) is 2.10. The van der Waals surface area contributed by atoms with Crippen molar-refractivity contribution in [3.8, 4) is 0 Å². The number of hydrogen-bond donors (Lipinski definition) is 0. The van der Waals surface area contributed by atoms with Gasteiger partial charge in [0.05, 0.1) is 6.54 Å². The summed E-state index contributed by atoms with van der Waals surface area (Å²) < 4.78 is 0. The number of hydrogen-bond acceptors (Lipinski definition) is 2. The quantitative estimate of drug-likeness (QED) is 0.394. The topological polar surface area (TPSA) is 29.4 Å². The van der Waals surface area contributed by atoms with Crippen LogP contribution in [0, 0.1) is 10.8 Å². The second-order valence-electron chi connectivity index (χ2n) is 6.08. The fourth-order valence-corrected chi connectivity index (χ4v) is 3.17. The Labute approximate surface area is 93.2 Å². The molecule has 0 radical (unpaired) electrons. The van der Waals surface area contributed by atoms with Crippen molar-refractivity contribution in [2.45, 2.75) is 59.3 Å². The molecular formula is C13H23NO. The summed E-state index contributed by atoms with van der Waals surface area (Å²) in [5.41, 5.74) is 0.973. The Balaban J connectivity index is 2.40. The van der Waals surface area contributed by atoms with Crippen LogP contribution >= 0.6 is 0 Å². The van der Waals surface area contributed by atoms with Crippen LogP contribution in [0.15, 0.2) is 4.99 Å². The molecule has 0 aromatic heterocycles. The number of rotatable bonds is 4. The van der Waals surface area contributed by atoms with Crippen LogP contribution < -0.4 is 0 Å². The van der Waals surface area contributed by atoms with Gasteiger partial charge in [0.25, 0.3) is 0 Å².